The second-order valence-electron chi connectivity index (χ2n) is 4.73. The Morgan fingerprint density at radius 2 is 1.84 bits per heavy atom. The standard InChI is InChI=1S/C15H17NO3/c17-14(12-8-4-5-9-12)16-13(15(18)19)10-11-6-2-1-3-7-11/h1-7,12-13H,8-10H2,(H,16,17)(H,18,19)/t13-/m0/s1. The number of hydrogen-bond acceptors (Lipinski definition) is 2. The summed E-state index contributed by atoms with van der Waals surface area (Å²) >= 11 is 0. The summed E-state index contributed by atoms with van der Waals surface area (Å²) in [5, 5.41) is 11.8. The van der Waals surface area contributed by atoms with E-state index >= 15 is 0 Å². The van der Waals surface area contributed by atoms with Crippen molar-refractivity contribution in [3.05, 3.63) is 48.0 Å². The van der Waals surface area contributed by atoms with Crippen LogP contribution < -0.4 is 5.32 Å². The Morgan fingerprint density at radius 3 is 2.42 bits per heavy atom. The molecular weight excluding hydrogens is 242 g/mol. The molecule has 0 fully saturated rings. The van der Waals surface area contributed by atoms with Gasteiger partial charge < -0.3 is 10.4 Å². The van der Waals surface area contributed by atoms with E-state index in [1.54, 1.807) is 0 Å². The van der Waals surface area contributed by atoms with Crippen LogP contribution in [0, 0.1) is 5.92 Å². The zero-order valence-electron chi connectivity index (χ0n) is 10.6. The van der Waals surface area contributed by atoms with Gasteiger partial charge >= 0.3 is 5.97 Å². The highest BCUT2D eigenvalue weighted by atomic mass is 16.4. The fraction of sp³-hybridized carbons (Fsp3) is 0.333. The minimum Gasteiger partial charge on any atom is -0.480 e. The molecule has 0 aromatic heterocycles. The van der Waals surface area contributed by atoms with Crippen LogP contribution in [0.3, 0.4) is 0 Å². The van der Waals surface area contributed by atoms with Gasteiger partial charge in [0.25, 0.3) is 0 Å². The molecule has 1 aliphatic carbocycles. The first-order chi connectivity index (χ1) is 9.16. The average molecular weight is 259 g/mol. The van der Waals surface area contributed by atoms with Gasteiger partial charge in [0.05, 0.1) is 0 Å². The Bertz CT molecular complexity index is 473. The number of rotatable bonds is 5. The molecule has 19 heavy (non-hydrogen) atoms. The molecule has 1 aromatic rings. The Labute approximate surface area is 112 Å². The van der Waals surface area contributed by atoms with Gasteiger partial charge in [-0.3, -0.25) is 4.79 Å². The summed E-state index contributed by atoms with van der Waals surface area (Å²) < 4.78 is 0. The smallest absolute Gasteiger partial charge is 0.326 e. The molecule has 0 unspecified atom stereocenters. The molecular formula is C15H17NO3. The lowest BCUT2D eigenvalue weighted by Gasteiger charge is -2.17. The van der Waals surface area contributed by atoms with Crippen molar-refractivity contribution in [1.82, 2.24) is 5.32 Å². The normalized spacial score (nSPS) is 16.2. The van der Waals surface area contributed by atoms with E-state index in [4.69, 9.17) is 0 Å². The molecule has 0 aliphatic heterocycles. The monoisotopic (exact) mass is 259 g/mol. The number of hydrogen-bond donors (Lipinski definition) is 2. The highest BCUT2D eigenvalue weighted by Crippen LogP contribution is 2.18. The van der Waals surface area contributed by atoms with Crippen LogP contribution in [0.1, 0.15) is 18.4 Å². The second kappa shape index (κ2) is 6.18. The molecule has 1 atom stereocenters. The minimum atomic E-state index is -0.997. The maximum absolute atomic E-state index is 11.9. The van der Waals surface area contributed by atoms with Crippen LogP contribution in [0.5, 0.6) is 0 Å². The number of benzene rings is 1. The van der Waals surface area contributed by atoms with E-state index in [9.17, 15) is 14.7 Å². The largest absolute Gasteiger partial charge is 0.480 e. The van der Waals surface area contributed by atoms with Gasteiger partial charge in [-0.1, -0.05) is 42.5 Å². The number of amides is 1. The molecule has 4 nitrogen and oxygen atoms in total. The van der Waals surface area contributed by atoms with Crippen molar-refractivity contribution in [2.75, 3.05) is 0 Å². The highest BCUT2D eigenvalue weighted by Gasteiger charge is 2.25. The molecule has 0 radical (unpaired) electrons. The number of allylic oxidation sites excluding steroid dienone is 2. The summed E-state index contributed by atoms with van der Waals surface area (Å²) in [6, 6.07) is 8.45. The van der Waals surface area contributed by atoms with E-state index in [1.165, 1.54) is 0 Å². The van der Waals surface area contributed by atoms with Gasteiger partial charge in [0.1, 0.15) is 6.04 Å². The van der Waals surface area contributed by atoms with Crippen LogP contribution in [0.4, 0.5) is 0 Å². The number of carbonyl (C=O) groups excluding carboxylic acids is 1. The molecule has 0 heterocycles. The number of aliphatic carboxylic acids is 1. The van der Waals surface area contributed by atoms with Crippen molar-refractivity contribution in [2.45, 2.75) is 25.3 Å². The quantitative estimate of drug-likeness (QED) is 0.792. The second-order valence-corrected chi connectivity index (χ2v) is 4.73. The van der Waals surface area contributed by atoms with Crippen LogP contribution >= 0.6 is 0 Å². The van der Waals surface area contributed by atoms with E-state index < -0.39 is 12.0 Å². The van der Waals surface area contributed by atoms with E-state index in [0.29, 0.717) is 19.3 Å². The zero-order valence-corrected chi connectivity index (χ0v) is 10.6. The predicted molar refractivity (Wildman–Crippen MR) is 71.6 cm³/mol. The molecule has 0 bridgehead atoms. The SMILES string of the molecule is O=C(N[C@@H](Cc1ccccc1)C(=O)O)C1CC=CC1. The van der Waals surface area contributed by atoms with Gasteiger partial charge in [-0.15, -0.1) is 0 Å². The van der Waals surface area contributed by atoms with Gasteiger partial charge in [0.15, 0.2) is 0 Å². The van der Waals surface area contributed by atoms with Crippen LogP contribution in [-0.2, 0) is 16.0 Å². The fourth-order valence-electron chi connectivity index (χ4n) is 2.17. The average Bonchev–Trinajstić information content (AvgIpc) is 2.93. The number of nitrogens with one attached hydrogen (secondary N) is 1. The summed E-state index contributed by atoms with van der Waals surface area (Å²) in [4.78, 5) is 23.2. The first-order valence-corrected chi connectivity index (χ1v) is 6.39. The van der Waals surface area contributed by atoms with Crippen LogP contribution in [0.25, 0.3) is 0 Å². The Hall–Kier alpha value is -2.10. The van der Waals surface area contributed by atoms with E-state index in [0.717, 1.165) is 5.56 Å². The van der Waals surface area contributed by atoms with Crippen molar-refractivity contribution in [1.29, 1.82) is 0 Å². The maximum Gasteiger partial charge on any atom is 0.326 e. The first-order valence-electron chi connectivity index (χ1n) is 6.39. The zero-order chi connectivity index (χ0) is 13.7. The molecule has 1 amide bonds. The van der Waals surface area contributed by atoms with Crippen molar-refractivity contribution < 1.29 is 14.7 Å². The molecule has 4 heteroatoms. The molecule has 1 aromatic carbocycles. The third-order valence-electron chi connectivity index (χ3n) is 3.28. The molecule has 1 aliphatic rings. The van der Waals surface area contributed by atoms with Crippen LogP contribution in [0.2, 0.25) is 0 Å². The molecule has 100 valence electrons. The Morgan fingerprint density at radius 1 is 1.21 bits per heavy atom. The summed E-state index contributed by atoms with van der Waals surface area (Å²) in [5.41, 5.74) is 0.903. The number of carboxylic acid groups (broad SMARTS) is 1. The van der Waals surface area contributed by atoms with Crippen molar-refractivity contribution in [2.24, 2.45) is 5.92 Å². The number of carbonyl (C=O) groups is 2. The third kappa shape index (κ3) is 3.68. The topological polar surface area (TPSA) is 66.4 Å². The molecule has 0 spiro atoms. The molecule has 0 saturated heterocycles. The summed E-state index contributed by atoms with van der Waals surface area (Å²) in [7, 11) is 0. The van der Waals surface area contributed by atoms with E-state index in [2.05, 4.69) is 5.32 Å². The lowest BCUT2D eigenvalue weighted by molar-refractivity contribution is -0.142. The summed E-state index contributed by atoms with van der Waals surface area (Å²) in [5.74, 6) is -1.28. The molecule has 2 N–H and O–H groups in total. The van der Waals surface area contributed by atoms with E-state index in [1.807, 2.05) is 42.5 Å². The van der Waals surface area contributed by atoms with Crippen LogP contribution in [-0.4, -0.2) is 23.0 Å². The minimum absolute atomic E-state index is 0.113. The van der Waals surface area contributed by atoms with Gasteiger partial charge in [0.2, 0.25) is 5.91 Å². The highest BCUT2D eigenvalue weighted by molar-refractivity contribution is 5.85. The van der Waals surface area contributed by atoms with Gasteiger partial charge in [-0.2, -0.15) is 0 Å². The maximum atomic E-state index is 11.9. The lowest BCUT2D eigenvalue weighted by atomic mass is 10.0. The Balaban J connectivity index is 1.96. The lowest BCUT2D eigenvalue weighted by Crippen LogP contribution is -2.44. The van der Waals surface area contributed by atoms with Gasteiger partial charge in [0, 0.05) is 12.3 Å². The van der Waals surface area contributed by atoms with Crippen molar-refractivity contribution in [3.63, 3.8) is 0 Å². The first kappa shape index (κ1) is 13.3. The predicted octanol–water partition coefficient (Wildman–Crippen LogP) is 1.76. The fourth-order valence-corrected chi connectivity index (χ4v) is 2.17. The summed E-state index contributed by atoms with van der Waals surface area (Å²) in [6.45, 7) is 0. The summed E-state index contributed by atoms with van der Waals surface area (Å²) in [6.07, 6.45) is 5.61. The van der Waals surface area contributed by atoms with Crippen molar-refractivity contribution in [3.8, 4) is 0 Å². The van der Waals surface area contributed by atoms with Gasteiger partial charge in [-0.05, 0) is 18.4 Å². The molecule has 0 saturated carbocycles. The molecule has 2 rings (SSSR count). The van der Waals surface area contributed by atoms with E-state index in [-0.39, 0.29) is 11.8 Å². The van der Waals surface area contributed by atoms with Crippen LogP contribution in [0.15, 0.2) is 42.5 Å². The third-order valence-corrected chi connectivity index (χ3v) is 3.28. The Kier molecular flexibility index (Phi) is 4.34. The number of carboxylic acids is 1. The van der Waals surface area contributed by atoms with Crippen molar-refractivity contribution >= 4 is 11.9 Å². The van der Waals surface area contributed by atoms with Gasteiger partial charge in [-0.25, -0.2) is 4.79 Å².